The van der Waals surface area contributed by atoms with Gasteiger partial charge in [0.05, 0.1) is 4.88 Å². The molecule has 0 spiro atoms. The summed E-state index contributed by atoms with van der Waals surface area (Å²) in [6, 6.07) is 4.09. The van der Waals surface area contributed by atoms with Gasteiger partial charge < -0.3 is 19.8 Å². The third-order valence-electron chi connectivity index (χ3n) is 3.31. The molecule has 0 aromatic carbocycles. The Balaban J connectivity index is 2.17. The number of aromatic nitrogens is 1. The van der Waals surface area contributed by atoms with Crippen molar-refractivity contribution in [3.63, 3.8) is 0 Å². The molecular weight excluding hydrogens is 334 g/mol. The molecule has 0 fully saturated rings. The van der Waals surface area contributed by atoms with Crippen LogP contribution in [-0.2, 0) is 9.59 Å². The molecule has 0 saturated carbocycles. The van der Waals surface area contributed by atoms with Crippen molar-refractivity contribution in [2.24, 2.45) is 0 Å². The van der Waals surface area contributed by atoms with Crippen molar-refractivity contribution < 1.29 is 24.0 Å². The van der Waals surface area contributed by atoms with E-state index in [-0.39, 0.29) is 24.7 Å². The first-order valence-corrected chi connectivity index (χ1v) is 8.07. The molecule has 2 amide bonds. The van der Waals surface area contributed by atoms with Crippen molar-refractivity contribution >= 4 is 29.1 Å². The minimum Gasteiger partial charge on any atom is -0.480 e. The number of amides is 2. The summed E-state index contributed by atoms with van der Waals surface area (Å²) in [4.78, 5) is 36.7. The molecule has 0 aliphatic rings. The molecular formula is C15H17N3O5S. The molecule has 2 rings (SSSR count). The van der Waals surface area contributed by atoms with Gasteiger partial charge in [0.25, 0.3) is 5.91 Å². The number of carboxylic acids is 1. The third-order valence-corrected chi connectivity index (χ3v) is 4.19. The zero-order valence-electron chi connectivity index (χ0n) is 13.2. The van der Waals surface area contributed by atoms with Gasteiger partial charge in [0.1, 0.15) is 6.04 Å². The van der Waals surface area contributed by atoms with Crippen LogP contribution in [0.1, 0.15) is 24.3 Å². The van der Waals surface area contributed by atoms with Gasteiger partial charge in [-0.05, 0) is 18.4 Å². The van der Waals surface area contributed by atoms with E-state index in [4.69, 9.17) is 4.52 Å². The number of carboxylic acid groups (broad SMARTS) is 1. The van der Waals surface area contributed by atoms with Crippen LogP contribution in [0.5, 0.6) is 0 Å². The van der Waals surface area contributed by atoms with E-state index in [1.807, 2.05) is 17.5 Å². The number of aliphatic carboxylic acids is 1. The number of carbonyl (C=O) groups is 3. The highest BCUT2D eigenvalue weighted by Gasteiger charge is 2.28. The summed E-state index contributed by atoms with van der Waals surface area (Å²) in [6.45, 7) is 2.94. The van der Waals surface area contributed by atoms with E-state index in [9.17, 15) is 19.5 Å². The van der Waals surface area contributed by atoms with E-state index >= 15 is 0 Å². The molecule has 0 radical (unpaired) electrons. The van der Waals surface area contributed by atoms with Gasteiger partial charge in [-0.25, -0.2) is 4.79 Å². The summed E-state index contributed by atoms with van der Waals surface area (Å²) in [5, 5.41) is 17.3. The topological polar surface area (TPSA) is 113 Å². The quantitative estimate of drug-likeness (QED) is 0.781. The second-order valence-electron chi connectivity index (χ2n) is 5.05. The van der Waals surface area contributed by atoms with Crippen molar-refractivity contribution in [2.75, 3.05) is 13.1 Å². The monoisotopic (exact) mass is 351 g/mol. The van der Waals surface area contributed by atoms with E-state index < -0.39 is 17.9 Å². The Bertz CT molecular complexity index is 725. The summed E-state index contributed by atoms with van der Waals surface area (Å²) in [7, 11) is 0. The summed E-state index contributed by atoms with van der Waals surface area (Å²) >= 11 is 1.44. The predicted molar refractivity (Wildman–Crippen MR) is 86.6 cm³/mol. The zero-order valence-corrected chi connectivity index (χ0v) is 14.0. The molecule has 0 aliphatic heterocycles. The Kier molecular flexibility index (Phi) is 5.69. The van der Waals surface area contributed by atoms with Crippen molar-refractivity contribution in [1.29, 1.82) is 0 Å². The SMILES string of the molecule is CC(=O)NCCN(C(=O)c1cc(-c2cccs2)on1)C(C)C(=O)O. The van der Waals surface area contributed by atoms with Gasteiger partial charge >= 0.3 is 5.97 Å². The van der Waals surface area contributed by atoms with E-state index in [0.717, 1.165) is 9.78 Å². The molecule has 2 aromatic rings. The molecule has 0 saturated heterocycles. The Hall–Kier alpha value is -2.68. The highest BCUT2D eigenvalue weighted by atomic mass is 32.1. The number of hydrogen-bond donors (Lipinski definition) is 2. The normalized spacial score (nSPS) is 11.8. The molecule has 8 nitrogen and oxygen atoms in total. The van der Waals surface area contributed by atoms with Crippen LogP contribution in [0.3, 0.4) is 0 Å². The van der Waals surface area contributed by atoms with E-state index in [1.54, 1.807) is 0 Å². The maximum Gasteiger partial charge on any atom is 0.326 e. The standard InChI is InChI=1S/C15H17N3O5S/c1-9(15(21)22)18(6-5-16-10(2)19)14(20)11-8-12(23-17-11)13-4-3-7-24-13/h3-4,7-9H,5-6H2,1-2H3,(H,16,19)(H,21,22). The number of hydrogen-bond acceptors (Lipinski definition) is 6. The van der Waals surface area contributed by atoms with Crippen molar-refractivity contribution in [3.05, 3.63) is 29.3 Å². The van der Waals surface area contributed by atoms with Gasteiger partial charge in [-0.1, -0.05) is 11.2 Å². The molecule has 1 unspecified atom stereocenters. The molecule has 9 heteroatoms. The van der Waals surface area contributed by atoms with E-state index in [0.29, 0.717) is 5.76 Å². The van der Waals surface area contributed by atoms with Gasteiger partial charge in [0, 0.05) is 26.1 Å². The fourth-order valence-electron chi connectivity index (χ4n) is 2.01. The fraction of sp³-hybridized carbons (Fsp3) is 0.333. The summed E-state index contributed by atoms with van der Waals surface area (Å²) < 4.78 is 5.16. The lowest BCUT2D eigenvalue weighted by molar-refractivity contribution is -0.141. The highest BCUT2D eigenvalue weighted by Crippen LogP contribution is 2.25. The highest BCUT2D eigenvalue weighted by molar-refractivity contribution is 7.13. The van der Waals surface area contributed by atoms with Crippen molar-refractivity contribution in [2.45, 2.75) is 19.9 Å². The summed E-state index contributed by atoms with van der Waals surface area (Å²) in [6.07, 6.45) is 0. The molecule has 24 heavy (non-hydrogen) atoms. The van der Waals surface area contributed by atoms with E-state index in [1.165, 1.54) is 31.3 Å². The van der Waals surface area contributed by atoms with Gasteiger partial charge in [-0.3, -0.25) is 9.59 Å². The first-order chi connectivity index (χ1) is 11.4. The van der Waals surface area contributed by atoms with E-state index in [2.05, 4.69) is 10.5 Å². The lowest BCUT2D eigenvalue weighted by Gasteiger charge is -2.25. The largest absolute Gasteiger partial charge is 0.480 e. The summed E-state index contributed by atoms with van der Waals surface area (Å²) in [5.41, 5.74) is 0.0225. The van der Waals surface area contributed by atoms with Gasteiger partial charge in [-0.2, -0.15) is 0 Å². The van der Waals surface area contributed by atoms with Crippen LogP contribution in [0, 0.1) is 0 Å². The van der Waals surface area contributed by atoms with Crippen molar-refractivity contribution in [1.82, 2.24) is 15.4 Å². The third kappa shape index (κ3) is 4.19. The van der Waals surface area contributed by atoms with Gasteiger partial charge in [0.2, 0.25) is 5.91 Å². The van der Waals surface area contributed by atoms with Crippen LogP contribution in [0.15, 0.2) is 28.1 Å². The minimum atomic E-state index is -1.15. The average molecular weight is 351 g/mol. The Morgan fingerprint density at radius 3 is 2.79 bits per heavy atom. The van der Waals surface area contributed by atoms with Crippen LogP contribution in [-0.4, -0.2) is 52.1 Å². The number of nitrogens with zero attached hydrogens (tertiary/aromatic N) is 2. The zero-order chi connectivity index (χ0) is 17.7. The molecule has 2 N–H and O–H groups in total. The molecule has 2 aromatic heterocycles. The fourth-order valence-corrected chi connectivity index (χ4v) is 2.69. The lowest BCUT2D eigenvalue weighted by atomic mass is 10.2. The van der Waals surface area contributed by atoms with Crippen molar-refractivity contribution in [3.8, 4) is 10.6 Å². The maximum atomic E-state index is 12.6. The van der Waals surface area contributed by atoms with Gasteiger partial charge in [0.15, 0.2) is 11.5 Å². The molecule has 0 bridgehead atoms. The first-order valence-electron chi connectivity index (χ1n) is 7.19. The van der Waals surface area contributed by atoms with Crippen LogP contribution in [0.25, 0.3) is 10.6 Å². The molecule has 1 atom stereocenters. The number of carbonyl (C=O) groups excluding carboxylic acids is 2. The average Bonchev–Trinajstić information content (AvgIpc) is 3.20. The Labute approximate surface area is 142 Å². The molecule has 2 heterocycles. The second-order valence-corrected chi connectivity index (χ2v) is 6.00. The van der Waals surface area contributed by atoms with Crippen LogP contribution < -0.4 is 5.32 Å². The smallest absolute Gasteiger partial charge is 0.326 e. The number of nitrogens with one attached hydrogen (secondary N) is 1. The number of thiophene rings is 1. The van der Waals surface area contributed by atoms with Crippen LogP contribution in [0.4, 0.5) is 0 Å². The van der Waals surface area contributed by atoms with Crippen LogP contribution in [0.2, 0.25) is 0 Å². The first kappa shape index (κ1) is 17.7. The van der Waals surface area contributed by atoms with Gasteiger partial charge in [-0.15, -0.1) is 11.3 Å². The Morgan fingerprint density at radius 1 is 1.46 bits per heavy atom. The maximum absolute atomic E-state index is 12.6. The number of rotatable bonds is 7. The second kappa shape index (κ2) is 7.73. The molecule has 128 valence electrons. The predicted octanol–water partition coefficient (Wildman–Crippen LogP) is 1.45. The molecule has 0 aliphatic carbocycles. The minimum absolute atomic E-state index is 0.0225. The summed E-state index contributed by atoms with van der Waals surface area (Å²) in [5.74, 6) is -1.53. The lowest BCUT2D eigenvalue weighted by Crippen LogP contribution is -2.46. The Morgan fingerprint density at radius 2 is 2.21 bits per heavy atom. The van der Waals surface area contributed by atoms with Crippen LogP contribution >= 0.6 is 11.3 Å².